The van der Waals surface area contributed by atoms with E-state index < -0.39 is 12.0 Å². The smallest absolute Gasteiger partial charge is 0.338 e. The molecule has 0 saturated heterocycles. The maximum Gasteiger partial charge on any atom is 0.338 e. The third-order valence-electron chi connectivity index (χ3n) is 3.74. The van der Waals surface area contributed by atoms with Gasteiger partial charge in [-0.15, -0.1) is 0 Å². The number of hydrogen-bond donors (Lipinski definition) is 2. The van der Waals surface area contributed by atoms with E-state index in [1.54, 1.807) is 26.0 Å². The number of thiocarbonyl (C=S) groups is 1. The van der Waals surface area contributed by atoms with Crippen LogP contribution in [0.4, 0.5) is 0 Å². The second-order valence-electron chi connectivity index (χ2n) is 5.48. The first-order chi connectivity index (χ1) is 12.4. The van der Waals surface area contributed by atoms with Gasteiger partial charge in [0.15, 0.2) is 16.6 Å². The van der Waals surface area contributed by atoms with Gasteiger partial charge in [-0.1, -0.05) is 11.6 Å². The molecule has 8 heteroatoms. The van der Waals surface area contributed by atoms with E-state index in [9.17, 15) is 4.79 Å². The molecule has 2 N–H and O–H groups in total. The molecule has 1 heterocycles. The average Bonchev–Trinajstić information content (AvgIpc) is 2.57. The minimum absolute atomic E-state index is 0.272. The largest absolute Gasteiger partial charge is 0.490 e. The Kier molecular flexibility index (Phi) is 7.11. The molecule has 0 unspecified atom stereocenters. The molecule has 142 valence electrons. The Morgan fingerprint density at radius 3 is 2.35 bits per heavy atom. The van der Waals surface area contributed by atoms with Gasteiger partial charge < -0.3 is 24.8 Å². The molecule has 1 aromatic rings. The van der Waals surface area contributed by atoms with Crippen molar-refractivity contribution in [2.24, 2.45) is 0 Å². The summed E-state index contributed by atoms with van der Waals surface area (Å²) in [6, 6.07) is 2.91. The van der Waals surface area contributed by atoms with Crippen LogP contribution in [-0.4, -0.2) is 30.9 Å². The maximum absolute atomic E-state index is 12.5. The first-order valence-corrected chi connectivity index (χ1v) is 9.25. The lowest BCUT2D eigenvalue weighted by molar-refractivity contribution is -0.139. The molecular formula is C18H23ClN2O4S. The predicted octanol–water partition coefficient (Wildman–Crippen LogP) is 3.49. The SMILES string of the molecule is CCOC(=O)C1=C(C)NC(=S)N[C@@H]1c1cc(OCC)c(OCC)cc1Cl. The monoisotopic (exact) mass is 398 g/mol. The van der Waals surface area contributed by atoms with Crippen molar-refractivity contribution in [1.82, 2.24) is 10.6 Å². The highest BCUT2D eigenvalue weighted by Gasteiger charge is 2.33. The Morgan fingerprint density at radius 1 is 1.15 bits per heavy atom. The number of nitrogens with one attached hydrogen (secondary N) is 2. The molecule has 0 radical (unpaired) electrons. The zero-order valence-electron chi connectivity index (χ0n) is 15.3. The van der Waals surface area contributed by atoms with Gasteiger partial charge in [-0.2, -0.15) is 0 Å². The van der Waals surface area contributed by atoms with Crippen LogP contribution < -0.4 is 20.1 Å². The summed E-state index contributed by atoms with van der Waals surface area (Å²) in [6.45, 7) is 8.53. The standard InChI is InChI=1S/C18H23ClN2O4S/c1-5-23-13-8-11(12(19)9-14(13)24-6-2)16-15(17(22)25-7-3)10(4)20-18(26)21-16/h8-9,16H,5-7H2,1-4H3,(H2,20,21,26)/t16-/m1/s1. The zero-order valence-corrected chi connectivity index (χ0v) is 16.8. The second-order valence-corrected chi connectivity index (χ2v) is 6.29. The molecule has 1 aliphatic heterocycles. The van der Waals surface area contributed by atoms with Crippen molar-refractivity contribution in [2.45, 2.75) is 33.7 Å². The molecule has 0 aromatic heterocycles. The lowest BCUT2D eigenvalue weighted by Crippen LogP contribution is -2.45. The number of hydrogen-bond acceptors (Lipinski definition) is 5. The van der Waals surface area contributed by atoms with Gasteiger partial charge in [0.1, 0.15) is 0 Å². The number of carbonyl (C=O) groups is 1. The van der Waals surface area contributed by atoms with Crippen LogP contribution in [0.25, 0.3) is 0 Å². The molecule has 2 rings (SSSR count). The van der Waals surface area contributed by atoms with Crippen LogP contribution >= 0.6 is 23.8 Å². The molecule has 0 saturated carbocycles. The van der Waals surface area contributed by atoms with Gasteiger partial charge in [-0.3, -0.25) is 0 Å². The van der Waals surface area contributed by atoms with Crippen LogP contribution in [-0.2, 0) is 9.53 Å². The molecule has 26 heavy (non-hydrogen) atoms. The Balaban J connectivity index is 2.55. The highest BCUT2D eigenvalue weighted by atomic mass is 35.5. The fraction of sp³-hybridized carbons (Fsp3) is 0.444. The molecular weight excluding hydrogens is 376 g/mol. The van der Waals surface area contributed by atoms with E-state index in [4.69, 9.17) is 38.0 Å². The van der Waals surface area contributed by atoms with Crippen molar-refractivity contribution < 1.29 is 19.0 Å². The van der Waals surface area contributed by atoms with Gasteiger partial charge in [-0.25, -0.2) is 4.79 Å². The zero-order chi connectivity index (χ0) is 19.3. The number of ether oxygens (including phenoxy) is 3. The fourth-order valence-electron chi connectivity index (χ4n) is 2.72. The molecule has 1 atom stereocenters. The van der Waals surface area contributed by atoms with E-state index in [0.29, 0.717) is 51.7 Å². The topological polar surface area (TPSA) is 68.8 Å². The third kappa shape index (κ3) is 4.40. The molecule has 0 fully saturated rings. The number of esters is 1. The van der Waals surface area contributed by atoms with E-state index in [-0.39, 0.29) is 6.61 Å². The average molecular weight is 399 g/mol. The molecule has 1 aliphatic rings. The second kappa shape index (κ2) is 9.09. The molecule has 0 amide bonds. The van der Waals surface area contributed by atoms with Gasteiger partial charge in [0.2, 0.25) is 0 Å². The first-order valence-electron chi connectivity index (χ1n) is 8.47. The third-order valence-corrected chi connectivity index (χ3v) is 4.29. The summed E-state index contributed by atoms with van der Waals surface area (Å²) >= 11 is 11.8. The van der Waals surface area contributed by atoms with Crippen molar-refractivity contribution in [1.29, 1.82) is 0 Å². The van der Waals surface area contributed by atoms with Crippen LogP contribution in [0.1, 0.15) is 39.3 Å². The van der Waals surface area contributed by atoms with E-state index in [1.807, 2.05) is 13.8 Å². The number of rotatable bonds is 7. The van der Waals surface area contributed by atoms with Crippen LogP contribution in [0.3, 0.4) is 0 Å². The van der Waals surface area contributed by atoms with Crippen LogP contribution in [0.2, 0.25) is 5.02 Å². The van der Waals surface area contributed by atoms with E-state index in [0.717, 1.165) is 0 Å². The summed E-state index contributed by atoms with van der Waals surface area (Å²) in [5, 5.41) is 6.90. The highest BCUT2D eigenvalue weighted by Crippen LogP contribution is 2.39. The van der Waals surface area contributed by atoms with E-state index in [2.05, 4.69) is 10.6 Å². The van der Waals surface area contributed by atoms with Crippen molar-refractivity contribution in [3.05, 3.63) is 34.0 Å². The highest BCUT2D eigenvalue weighted by molar-refractivity contribution is 7.80. The van der Waals surface area contributed by atoms with Gasteiger partial charge >= 0.3 is 5.97 Å². The van der Waals surface area contributed by atoms with Gasteiger partial charge in [0.25, 0.3) is 0 Å². The lowest BCUT2D eigenvalue weighted by Gasteiger charge is -2.30. The summed E-state index contributed by atoms with van der Waals surface area (Å²) in [4.78, 5) is 12.5. The minimum atomic E-state index is -0.551. The molecule has 0 aliphatic carbocycles. The first kappa shape index (κ1) is 20.3. The molecule has 1 aromatic carbocycles. The van der Waals surface area contributed by atoms with Crippen molar-refractivity contribution in [3.63, 3.8) is 0 Å². The Bertz CT molecular complexity index is 736. The minimum Gasteiger partial charge on any atom is -0.490 e. The summed E-state index contributed by atoms with van der Waals surface area (Å²) in [5.74, 6) is 0.680. The van der Waals surface area contributed by atoms with E-state index in [1.165, 1.54) is 0 Å². The van der Waals surface area contributed by atoms with Crippen LogP contribution in [0, 0.1) is 0 Å². The Hall–Kier alpha value is -1.99. The summed E-state index contributed by atoms with van der Waals surface area (Å²) < 4.78 is 16.5. The number of benzene rings is 1. The Labute approximate surface area is 163 Å². The normalized spacial score (nSPS) is 16.7. The quantitative estimate of drug-likeness (QED) is 0.538. The molecule has 0 bridgehead atoms. The van der Waals surface area contributed by atoms with Gasteiger partial charge in [0.05, 0.1) is 36.5 Å². The van der Waals surface area contributed by atoms with Crippen LogP contribution in [0.15, 0.2) is 23.4 Å². The summed E-state index contributed by atoms with van der Waals surface area (Å²) in [6.07, 6.45) is 0. The lowest BCUT2D eigenvalue weighted by atomic mass is 9.95. The summed E-state index contributed by atoms with van der Waals surface area (Å²) in [5.41, 5.74) is 1.71. The molecule has 6 nitrogen and oxygen atoms in total. The van der Waals surface area contributed by atoms with Crippen molar-refractivity contribution >= 4 is 34.9 Å². The van der Waals surface area contributed by atoms with Crippen LogP contribution in [0.5, 0.6) is 11.5 Å². The van der Waals surface area contributed by atoms with Gasteiger partial charge in [-0.05, 0) is 46.0 Å². The maximum atomic E-state index is 12.5. The number of carbonyl (C=O) groups excluding carboxylic acids is 1. The van der Waals surface area contributed by atoms with Crippen molar-refractivity contribution in [3.8, 4) is 11.5 Å². The molecule has 0 spiro atoms. The predicted molar refractivity (Wildman–Crippen MR) is 105 cm³/mol. The van der Waals surface area contributed by atoms with E-state index >= 15 is 0 Å². The van der Waals surface area contributed by atoms with Crippen molar-refractivity contribution in [2.75, 3.05) is 19.8 Å². The Morgan fingerprint density at radius 2 is 1.77 bits per heavy atom. The van der Waals surface area contributed by atoms with Gasteiger partial charge in [0, 0.05) is 17.3 Å². The summed E-state index contributed by atoms with van der Waals surface area (Å²) in [7, 11) is 0. The number of halogens is 1. The fourth-order valence-corrected chi connectivity index (χ4v) is 3.25. The number of allylic oxidation sites excluding steroid dienone is 1.